The molecule has 0 spiro atoms. The molecule has 172 valence electrons. The Balaban J connectivity index is 1.91. The Kier molecular flexibility index (Phi) is 8.17. The standard InChI is InChI=1S/C26H32O6/c1-6-17(2)26(27)32-16-21-20(12-18-10-8-7-9-11-18)15-31-24(21)19-13-22(28-3)25(30-5)23(14-19)29-4/h6-11,13-14,20-21,24H,12,15-16H2,1-5H3/t20-,21-,24+/m0/s1. The lowest BCUT2D eigenvalue weighted by molar-refractivity contribution is -0.141. The van der Waals surface area contributed by atoms with Crippen LogP contribution in [0.2, 0.25) is 0 Å². The molecule has 32 heavy (non-hydrogen) atoms. The molecule has 2 aromatic carbocycles. The van der Waals surface area contributed by atoms with E-state index in [1.54, 1.807) is 34.3 Å². The lowest BCUT2D eigenvalue weighted by Crippen LogP contribution is -2.24. The van der Waals surface area contributed by atoms with Crippen LogP contribution in [0.25, 0.3) is 0 Å². The van der Waals surface area contributed by atoms with Crippen LogP contribution in [-0.4, -0.2) is 40.5 Å². The number of methoxy groups -OCH3 is 3. The van der Waals surface area contributed by atoms with E-state index in [1.807, 2.05) is 37.3 Å². The van der Waals surface area contributed by atoms with Gasteiger partial charge in [0.25, 0.3) is 0 Å². The molecule has 1 fully saturated rings. The van der Waals surface area contributed by atoms with Crippen molar-refractivity contribution in [3.63, 3.8) is 0 Å². The molecule has 1 saturated heterocycles. The van der Waals surface area contributed by atoms with Gasteiger partial charge in [0.05, 0.1) is 40.6 Å². The van der Waals surface area contributed by atoms with Crippen LogP contribution in [-0.2, 0) is 20.7 Å². The number of esters is 1. The fourth-order valence-corrected chi connectivity index (χ4v) is 4.08. The van der Waals surface area contributed by atoms with E-state index in [0.717, 1.165) is 12.0 Å². The number of hydrogen-bond acceptors (Lipinski definition) is 6. The van der Waals surface area contributed by atoms with Crippen molar-refractivity contribution in [1.29, 1.82) is 0 Å². The number of carbonyl (C=O) groups is 1. The first kappa shape index (κ1) is 23.7. The van der Waals surface area contributed by atoms with Crippen LogP contribution in [0.1, 0.15) is 31.1 Å². The number of rotatable bonds is 9. The van der Waals surface area contributed by atoms with Gasteiger partial charge in [-0.25, -0.2) is 4.79 Å². The van der Waals surface area contributed by atoms with Crippen LogP contribution in [0.3, 0.4) is 0 Å². The Morgan fingerprint density at radius 1 is 1.06 bits per heavy atom. The topological polar surface area (TPSA) is 63.2 Å². The number of allylic oxidation sites excluding steroid dienone is 1. The fraction of sp³-hybridized carbons (Fsp3) is 0.423. The van der Waals surface area contributed by atoms with Gasteiger partial charge in [-0.15, -0.1) is 0 Å². The highest BCUT2D eigenvalue weighted by atomic mass is 16.5. The molecule has 1 aliphatic rings. The van der Waals surface area contributed by atoms with Crippen molar-refractivity contribution in [2.75, 3.05) is 34.5 Å². The maximum Gasteiger partial charge on any atom is 0.333 e. The van der Waals surface area contributed by atoms with Crippen molar-refractivity contribution in [3.05, 3.63) is 65.2 Å². The van der Waals surface area contributed by atoms with E-state index in [9.17, 15) is 4.79 Å². The number of hydrogen-bond donors (Lipinski definition) is 0. The molecule has 0 amide bonds. The molecule has 0 unspecified atom stereocenters. The molecule has 1 aliphatic heterocycles. The molecule has 6 heteroatoms. The van der Waals surface area contributed by atoms with Gasteiger partial charge in [-0.3, -0.25) is 0 Å². The number of carbonyl (C=O) groups excluding carboxylic acids is 1. The van der Waals surface area contributed by atoms with Gasteiger partial charge in [0.1, 0.15) is 0 Å². The average molecular weight is 441 g/mol. The highest BCUT2D eigenvalue weighted by Gasteiger charge is 2.40. The Hall–Kier alpha value is -2.99. The third-order valence-electron chi connectivity index (χ3n) is 6.00. The van der Waals surface area contributed by atoms with Gasteiger partial charge < -0.3 is 23.7 Å². The summed E-state index contributed by atoms with van der Waals surface area (Å²) in [7, 11) is 4.76. The Morgan fingerprint density at radius 2 is 1.72 bits per heavy atom. The minimum atomic E-state index is -0.304. The second kappa shape index (κ2) is 11.0. The van der Waals surface area contributed by atoms with Gasteiger partial charge in [-0.1, -0.05) is 36.4 Å². The van der Waals surface area contributed by atoms with Crippen LogP contribution in [0.15, 0.2) is 54.1 Å². The van der Waals surface area contributed by atoms with Gasteiger partial charge in [0, 0.05) is 11.5 Å². The van der Waals surface area contributed by atoms with E-state index in [-0.39, 0.29) is 30.5 Å². The normalized spacial score (nSPS) is 20.7. The van der Waals surface area contributed by atoms with Crippen LogP contribution in [0, 0.1) is 11.8 Å². The van der Waals surface area contributed by atoms with E-state index in [4.69, 9.17) is 23.7 Å². The second-order valence-electron chi connectivity index (χ2n) is 7.90. The van der Waals surface area contributed by atoms with Crippen LogP contribution < -0.4 is 14.2 Å². The lowest BCUT2D eigenvalue weighted by Gasteiger charge is -2.24. The molecule has 0 radical (unpaired) electrons. The van der Waals surface area contributed by atoms with E-state index in [0.29, 0.717) is 29.4 Å². The quantitative estimate of drug-likeness (QED) is 0.414. The van der Waals surface area contributed by atoms with E-state index in [2.05, 4.69) is 12.1 Å². The van der Waals surface area contributed by atoms with Gasteiger partial charge in [-0.05, 0) is 49.4 Å². The molecule has 3 atom stereocenters. The summed E-state index contributed by atoms with van der Waals surface area (Å²) in [6.45, 7) is 4.42. The second-order valence-corrected chi connectivity index (χ2v) is 7.90. The molecule has 1 heterocycles. The van der Waals surface area contributed by atoms with Gasteiger partial charge >= 0.3 is 5.97 Å². The Labute approximate surface area is 190 Å². The van der Waals surface area contributed by atoms with Crippen molar-refractivity contribution in [2.45, 2.75) is 26.4 Å². The highest BCUT2D eigenvalue weighted by molar-refractivity contribution is 5.87. The van der Waals surface area contributed by atoms with Gasteiger partial charge in [-0.2, -0.15) is 0 Å². The van der Waals surface area contributed by atoms with E-state index < -0.39 is 0 Å². The molecule has 0 aromatic heterocycles. The molecule has 0 saturated carbocycles. The Bertz CT molecular complexity index is 912. The highest BCUT2D eigenvalue weighted by Crippen LogP contribution is 2.46. The first-order valence-electron chi connectivity index (χ1n) is 10.8. The summed E-state index contributed by atoms with van der Waals surface area (Å²) in [5.74, 6) is 1.53. The van der Waals surface area contributed by atoms with Crippen molar-refractivity contribution in [1.82, 2.24) is 0 Å². The lowest BCUT2D eigenvalue weighted by atomic mass is 9.84. The zero-order valence-corrected chi connectivity index (χ0v) is 19.4. The third kappa shape index (κ3) is 5.25. The molecule has 0 aliphatic carbocycles. The molecule has 6 nitrogen and oxygen atoms in total. The van der Waals surface area contributed by atoms with Crippen molar-refractivity contribution in [3.8, 4) is 17.2 Å². The van der Waals surface area contributed by atoms with Crippen LogP contribution >= 0.6 is 0 Å². The molecule has 3 rings (SSSR count). The maximum atomic E-state index is 12.3. The van der Waals surface area contributed by atoms with Crippen molar-refractivity contribution < 1.29 is 28.5 Å². The summed E-state index contributed by atoms with van der Waals surface area (Å²) in [4.78, 5) is 12.3. The SMILES string of the molecule is CC=C(C)C(=O)OC[C@H]1[C@@H](Cc2ccccc2)CO[C@@H]1c1cc(OC)c(OC)c(OC)c1. The average Bonchev–Trinajstić information content (AvgIpc) is 3.23. The van der Waals surface area contributed by atoms with Crippen LogP contribution in [0.4, 0.5) is 0 Å². The third-order valence-corrected chi connectivity index (χ3v) is 6.00. The van der Waals surface area contributed by atoms with Gasteiger partial charge in [0.2, 0.25) is 5.75 Å². The number of ether oxygens (including phenoxy) is 5. The van der Waals surface area contributed by atoms with Crippen molar-refractivity contribution in [2.24, 2.45) is 11.8 Å². The minimum Gasteiger partial charge on any atom is -0.493 e. The monoisotopic (exact) mass is 440 g/mol. The summed E-state index contributed by atoms with van der Waals surface area (Å²) in [5, 5.41) is 0. The van der Waals surface area contributed by atoms with Crippen molar-refractivity contribution >= 4 is 5.97 Å². The minimum absolute atomic E-state index is 0.0216. The van der Waals surface area contributed by atoms with E-state index >= 15 is 0 Å². The summed E-state index contributed by atoms with van der Waals surface area (Å²) in [5.41, 5.74) is 2.72. The Morgan fingerprint density at radius 3 is 2.28 bits per heavy atom. The van der Waals surface area contributed by atoms with Gasteiger partial charge in [0.15, 0.2) is 11.5 Å². The molecule has 0 N–H and O–H groups in total. The predicted octanol–water partition coefficient (Wildman–Crippen LogP) is 4.77. The summed E-state index contributed by atoms with van der Waals surface area (Å²) in [6, 6.07) is 14.1. The summed E-state index contributed by atoms with van der Waals surface area (Å²) < 4.78 is 28.5. The predicted molar refractivity (Wildman–Crippen MR) is 122 cm³/mol. The molecule has 2 aromatic rings. The summed E-state index contributed by atoms with van der Waals surface area (Å²) >= 11 is 0. The maximum absolute atomic E-state index is 12.3. The molecular weight excluding hydrogens is 408 g/mol. The van der Waals surface area contributed by atoms with Crippen LogP contribution in [0.5, 0.6) is 17.2 Å². The molecule has 0 bridgehead atoms. The molecular formula is C26H32O6. The summed E-state index contributed by atoms with van der Waals surface area (Å²) in [6.07, 6.45) is 2.33. The first-order chi connectivity index (χ1) is 15.5. The zero-order chi connectivity index (χ0) is 23.1. The fourth-order valence-electron chi connectivity index (χ4n) is 4.08. The number of benzene rings is 2. The smallest absolute Gasteiger partial charge is 0.333 e. The largest absolute Gasteiger partial charge is 0.493 e. The first-order valence-corrected chi connectivity index (χ1v) is 10.8. The zero-order valence-electron chi connectivity index (χ0n) is 19.4. The van der Waals surface area contributed by atoms with E-state index in [1.165, 1.54) is 5.56 Å².